The minimum absolute atomic E-state index is 0.0182. The maximum atomic E-state index is 13.6. The van der Waals surface area contributed by atoms with Crippen LogP contribution in [0.1, 0.15) is 37.8 Å². The summed E-state index contributed by atoms with van der Waals surface area (Å²) in [6, 6.07) is 3.28. The molecule has 3 heterocycles. The van der Waals surface area contributed by atoms with Gasteiger partial charge in [-0.2, -0.15) is 0 Å². The number of H-pyrrole nitrogens is 2. The Morgan fingerprint density at radius 2 is 1.85 bits per heavy atom. The number of aromatic nitrogens is 2. The number of ether oxygens (including phenoxy) is 2. The van der Waals surface area contributed by atoms with Crippen LogP contribution in [0, 0.1) is 10.2 Å². The van der Waals surface area contributed by atoms with E-state index in [0.29, 0.717) is 0 Å². The summed E-state index contributed by atoms with van der Waals surface area (Å²) in [5.41, 5.74) is -3.56. The molecule has 0 saturated heterocycles. The first-order chi connectivity index (χ1) is 15.3. The van der Waals surface area contributed by atoms with Crippen LogP contribution in [0.5, 0.6) is 11.6 Å². The predicted molar refractivity (Wildman–Crippen MR) is 110 cm³/mol. The molecule has 1 aromatic carbocycles. The molecular formula is C21H16F3N3O5S. The first-order valence-corrected chi connectivity index (χ1v) is 10.3. The third-order valence-corrected chi connectivity index (χ3v) is 6.14. The summed E-state index contributed by atoms with van der Waals surface area (Å²) in [7, 11) is 0. The average Bonchev–Trinajstić information content (AvgIpc) is 2.90. The fraction of sp³-hybridized carbons (Fsp3) is 0.333. The maximum Gasteiger partial charge on any atom is 0.573 e. The largest absolute Gasteiger partial charge is 0.573 e. The summed E-state index contributed by atoms with van der Waals surface area (Å²) in [6.07, 6.45) is -4.68. The number of hydrogen-bond acceptors (Lipinski definition) is 6. The monoisotopic (exact) mass is 479 g/mol. The summed E-state index contributed by atoms with van der Waals surface area (Å²) in [5, 5.41) is 2.59. The van der Waals surface area contributed by atoms with Crippen LogP contribution in [0.25, 0.3) is 0 Å². The van der Waals surface area contributed by atoms with Crippen molar-refractivity contribution in [3.05, 3.63) is 55.8 Å². The lowest BCUT2D eigenvalue weighted by molar-refractivity contribution is -0.274. The second kappa shape index (κ2) is 6.56. The molecule has 1 aliphatic carbocycles. The van der Waals surface area contributed by atoms with Gasteiger partial charge in [-0.1, -0.05) is 13.8 Å². The van der Waals surface area contributed by atoms with Gasteiger partial charge in [0, 0.05) is 24.1 Å². The molecule has 1 aromatic heterocycles. The van der Waals surface area contributed by atoms with Gasteiger partial charge in [0.25, 0.3) is 5.56 Å². The molecule has 1 atom stereocenters. The van der Waals surface area contributed by atoms with E-state index in [9.17, 15) is 27.6 Å². The van der Waals surface area contributed by atoms with Crippen LogP contribution in [0.3, 0.4) is 0 Å². The van der Waals surface area contributed by atoms with Gasteiger partial charge in [-0.05, 0) is 35.8 Å². The van der Waals surface area contributed by atoms with Crippen LogP contribution in [-0.2, 0) is 15.0 Å². The van der Waals surface area contributed by atoms with E-state index in [4.69, 9.17) is 17.0 Å². The number of aromatic amines is 2. The normalized spacial score (nSPS) is 22.9. The zero-order valence-electron chi connectivity index (χ0n) is 17.2. The SMILES string of the molecule is CC1(C)CC(=O)C2=C(C1)Oc1[nH]c(=S)[nH]c(=O)c1C21C(=O)Nc2ccc(OC(F)(F)F)cc21. The minimum atomic E-state index is -4.98. The number of rotatable bonds is 1. The molecule has 0 radical (unpaired) electrons. The standard InChI is InChI=1S/C21H16F3N3O5S/c1-19(2)6-11(28)13-12(7-19)31-16-14(15(29)26-18(33)27-16)20(13)9-5-8(32-21(22,23)24)3-4-10(9)25-17(20)30/h3-5H,6-7H2,1-2H3,(H,25,30)(H2,26,27,29,33). The summed E-state index contributed by atoms with van der Waals surface area (Å²) in [5.74, 6) is -1.79. The van der Waals surface area contributed by atoms with E-state index in [0.717, 1.165) is 12.1 Å². The first-order valence-electron chi connectivity index (χ1n) is 9.85. The van der Waals surface area contributed by atoms with Crippen molar-refractivity contribution in [3.8, 4) is 11.6 Å². The van der Waals surface area contributed by atoms with Crippen molar-refractivity contribution in [1.29, 1.82) is 0 Å². The van der Waals surface area contributed by atoms with Gasteiger partial charge in [0.1, 0.15) is 22.5 Å². The lowest BCUT2D eigenvalue weighted by atomic mass is 9.62. The first kappa shape index (κ1) is 21.4. The highest BCUT2D eigenvalue weighted by atomic mass is 32.1. The smallest absolute Gasteiger partial charge is 0.444 e. The summed E-state index contributed by atoms with van der Waals surface area (Å²) in [6.45, 7) is 3.69. The van der Waals surface area contributed by atoms with Crippen molar-refractivity contribution in [2.75, 3.05) is 5.32 Å². The molecular weight excluding hydrogens is 463 g/mol. The summed E-state index contributed by atoms with van der Waals surface area (Å²) < 4.78 is 48.6. The fourth-order valence-corrected chi connectivity index (χ4v) is 5.06. The molecule has 12 heteroatoms. The van der Waals surface area contributed by atoms with Crippen molar-refractivity contribution >= 4 is 29.6 Å². The van der Waals surface area contributed by atoms with E-state index in [1.165, 1.54) is 6.07 Å². The van der Waals surface area contributed by atoms with Gasteiger partial charge in [0.15, 0.2) is 10.6 Å². The van der Waals surface area contributed by atoms with Crippen molar-refractivity contribution in [3.63, 3.8) is 0 Å². The molecule has 0 fully saturated rings. The number of anilines is 1. The van der Waals surface area contributed by atoms with Crippen LogP contribution < -0.4 is 20.3 Å². The van der Waals surface area contributed by atoms with Crippen LogP contribution in [0.15, 0.2) is 34.3 Å². The summed E-state index contributed by atoms with van der Waals surface area (Å²) in [4.78, 5) is 45.1. The van der Waals surface area contributed by atoms with E-state index in [1.807, 2.05) is 13.8 Å². The van der Waals surface area contributed by atoms with Gasteiger partial charge in [0.2, 0.25) is 11.8 Å². The Kier molecular flexibility index (Phi) is 4.26. The number of nitrogens with one attached hydrogen (secondary N) is 3. The molecule has 3 aliphatic rings. The quantitative estimate of drug-likeness (QED) is 0.539. The zero-order chi connectivity index (χ0) is 23.9. The highest BCUT2D eigenvalue weighted by Crippen LogP contribution is 2.56. The predicted octanol–water partition coefficient (Wildman–Crippen LogP) is 3.60. The second-order valence-corrected chi connectivity index (χ2v) is 9.32. The molecule has 3 N–H and O–H groups in total. The van der Waals surface area contributed by atoms with Gasteiger partial charge >= 0.3 is 6.36 Å². The van der Waals surface area contributed by atoms with E-state index < -0.39 is 40.2 Å². The Morgan fingerprint density at radius 3 is 2.55 bits per heavy atom. The Labute approximate surface area is 188 Å². The average molecular weight is 479 g/mol. The number of Topliss-reactive ketones (excluding diaryl/α,β-unsaturated/α-hetero) is 1. The zero-order valence-corrected chi connectivity index (χ0v) is 18.0. The molecule has 1 unspecified atom stereocenters. The number of carbonyl (C=O) groups is 2. The number of alkyl halides is 3. The summed E-state index contributed by atoms with van der Waals surface area (Å²) >= 11 is 5.03. The maximum absolute atomic E-state index is 13.6. The Bertz CT molecular complexity index is 1410. The van der Waals surface area contributed by atoms with Gasteiger partial charge in [-0.3, -0.25) is 19.4 Å². The molecule has 172 valence electrons. The number of amides is 1. The van der Waals surface area contributed by atoms with Crippen molar-refractivity contribution in [2.24, 2.45) is 5.41 Å². The Morgan fingerprint density at radius 1 is 1.12 bits per heavy atom. The third kappa shape index (κ3) is 3.11. The lowest BCUT2D eigenvalue weighted by Crippen LogP contribution is -2.50. The number of halogens is 3. The highest BCUT2D eigenvalue weighted by molar-refractivity contribution is 7.71. The Balaban J connectivity index is 1.88. The highest BCUT2D eigenvalue weighted by Gasteiger charge is 2.61. The lowest BCUT2D eigenvalue weighted by Gasteiger charge is -2.41. The number of ketones is 1. The topological polar surface area (TPSA) is 113 Å². The van der Waals surface area contributed by atoms with Gasteiger partial charge in [0.05, 0.1) is 5.57 Å². The van der Waals surface area contributed by atoms with Crippen molar-refractivity contribution in [1.82, 2.24) is 9.97 Å². The molecule has 2 aliphatic heterocycles. The molecule has 1 amide bonds. The van der Waals surface area contributed by atoms with E-state index >= 15 is 0 Å². The molecule has 5 rings (SSSR count). The number of hydrogen-bond donors (Lipinski definition) is 3. The molecule has 2 aromatic rings. The molecule has 0 saturated carbocycles. The number of fused-ring (bicyclic) bond motifs is 5. The number of benzene rings is 1. The Hall–Kier alpha value is -3.41. The molecule has 8 nitrogen and oxygen atoms in total. The third-order valence-electron chi connectivity index (χ3n) is 5.94. The van der Waals surface area contributed by atoms with Crippen molar-refractivity contribution in [2.45, 2.75) is 38.5 Å². The second-order valence-electron chi connectivity index (χ2n) is 8.91. The van der Waals surface area contributed by atoms with Crippen LogP contribution in [-0.4, -0.2) is 28.0 Å². The van der Waals surface area contributed by atoms with E-state index in [2.05, 4.69) is 20.0 Å². The van der Waals surface area contributed by atoms with Gasteiger partial charge in [-0.15, -0.1) is 13.2 Å². The van der Waals surface area contributed by atoms with Crippen molar-refractivity contribution < 1.29 is 32.2 Å². The van der Waals surface area contributed by atoms with Gasteiger partial charge < -0.3 is 19.8 Å². The minimum Gasteiger partial charge on any atom is -0.444 e. The molecule has 1 spiro atoms. The number of allylic oxidation sites excluding steroid dienone is 1. The molecule has 33 heavy (non-hydrogen) atoms. The van der Waals surface area contributed by atoms with Crippen LogP contribution in [0.4, 0.5) is 18.9 Å². The van der Waals surface area contributed by atoms with Crippen LogP contribution >= 0.6 is 12.2 Å². The van der Waals surface area contributed by atoms with Gasteiger partial charge in [-0.25, -0.2) is 0 Å². The van der Waals surface area contributed by atoms with E-state index in [-0.39, 0.29) is 51.6 Å². The van der Waals surface area contributed by atoms with E-state index in [1.54, 1.807) is 0 Å². The number of carbonyl (C=O) groups excluding carboxylic acids is 2. The fourth-order valence-electron chi connectivity index (χ4n) is 4.87. The molecule has 0 bridgehead atoms. The van der Waals surface area contributed by atoms with Crippen LogP contribution in [0.2, 0.25) is 0 Å².